The summed E-state index contributed by atoms with van der Waals surface area (Å²) < 4.78 is 41.0. The molecule has 1 aromatic heterocycles. The van der Waals surface area contributed by atoms with E-state index in [1.807, 2.05) is 0 Å². The topological polar surface area (TPSA) is 98.2 Å². The van der Waals surface area contributed by atoms with Gasteiger partial charge in [-0.3, -0.25) is 0 Å². The average molecular weight is 245 g/mol. The summed E-state index contributed by atoms with van der Waals surface area (Å²) in [5.74, 6) is -0.449. The predicted octanol–water partition coefficient (Wildman–Crippen LogP) is 0.260. The molecular formula is C8H8FN3O3S. The Bertz CT molecular complexity index is 622. The summed E-state index contributed by atoms with van der Waals surface area (Å²) >= 11 is 0. The standard InChI is InChI=1S/C8H8FN3O3S/c9-5-1-2-6-7(4-11-16(10,13)14)12-15-8(6)3-5/h1-3,11H,4H2,(H2,10,13,14). The normalized spacial score (nSPS) is 12.1. The Morgan fingerprint density at radius 1 is 1.50 bits per heavy atom. The zero-order valence-electron chi connectivity index (χ0n) is 7.97. The molecule has 0 bridgehead atoms. The van der Waals surface area contributed by atoms with Crippen molar-refractivity contribution < 1.29 is 17.3 Å². The molecule has 0 aliphatic carbocycles. The van der Waals surface area contributed by atoms with Crippen LogP contribution in [-0.2, 0) is 16.8 Å². The van der Waals surface area contributed by atoms with Gasteiger partial charge in [0.1, 0.15) is 11.5 Å². The van der Waals surface area contributed by atoms with E-state index in [9.17, 15) is 12.8 Å². The van der Waals surface area contributed by atoms with Crippen molar-refractivity contribution in [3.05, 3.63) is 29.7 Å². The third-order valence-electron chi connectivity index (χ3n) is 1.95. The van der Waals surface area contributed by atoms with Crippen molar-refractivity contribution in [2.45, 2.75) is 6.54 Å². The van der Waals surface area contributed by atoms with E-state index in [0.717, 1.165) is 0 Å². The summed E-state index contributed by atoms with van der Waals surface area (Å²) in [5, 5.41) is 8.92. The predicted molar refractivity (Wildman–Crippen MR) is 53.9 cm³/mol. The Kier molecular flexibility index (Phi) is 2.62. The van der Waals surface area contributed by atoms with Crippen molar-refractivity contribution in [3.8, 4) is 0 Å². The van der Waals surface area contributed by atoms with Crippen LogP contribution in [0.25, 0.3) is 11.0 Å². The highest BCUT2D eigenvalue weighted by Gasteiger charge is 2.10. The number of hydrogen-bond donors (Lipinski definition) is 2. The zero-order valence-corrected chi connectivity index (χ0v) is 8.79. The first-order valence-corrected chi connectivity index (χ1v) is 5.81. The van der Waals surface area contributed by atoms with Crippen LogP contribution in [-0.4, -0.2) is 13.6 Å². The quantitative estimate of drug-likeness (QED) is 0.810. The zero-order chi connectivity index (χ0) is 11.8. The molecule has 1 aromatic carbocycles. The monoisotopic (exact) mass is 245 g/mol. The lowest BCUT2D eigenvalue weighted by Crippen LogP contribution is -2.30. The van der Waals surface area contributed by atoms with Crippen molar-refractivity contribution in [1.82, 2.24) is 9.88 Å². The molecule has 0 spiro atoms. The number of nitrogens with one attached hydrogen (secondary N) is 1. The van der Waals surface area contributed by atoms with Crippen molar-refractivity contribution in [2.75, 3.05) is 0 Å². The van der Waals surface area contributed by atoms with E-state index in [1.165, 1.54) is 18.2 Å². The second kappa shape index (κ2) is 3.81. The maximum absolute atomic E-state index is 12.8. The number of halogens is 1. The minimum atomic E-state index is -3.78. The van der Waals surface area contributed by atoms with Crippen molar-refractivity contribution >= 4 is 21.2 Å². The third kappa shape index (κ3) is 2.35. The van der Waals surface area contributed by atoms with Crippen LogP contribution >= 0.6 is 0 Å². The Morgan fingerprint density at radius 2 is 2.25 bits per heavy atom. The van der Waals surface area contributed by atoms with Crippen LogP contribution in [0.3, 0.4) is 0 Å². The first-order chi connectivity index (χ1) is 7.46. The maximum Gasteiger partial charge on any atom is 0.274 e. The number of hydrogen-bond acceptors (Lipinski definition) is 4. The first-order valence-electron chi connectivity index (χ1n) is 4.27. The molecule has 0 aliphatic heterocycles. The molecule has 0 saturated carbocycles. The van der Waals surface area contributed by atoms with Crippen LogP contribution in [0.5, 0.6) is 0 Å². The Balaban J connectivity index is 2.32. The van der Waals surface area contributed by atoms with Crippen molar-refractivity contribution in [2.24, 2.45) is 5.14 Å². The van der Waals surface area contributed by atoms with Crippen LogP contribution < -0.4 is 9.86 Å². The molecule has 2 rings (SSSR count). The van der Waals surface area contributed by atoms with E-state index in [2.05, 4.69) is 9.88 Å². The smallest absolute Gasteiger partial charge is 0.274 e. The van der Waals surface area contributed by atoms with Crippen LogP contribution in [0.2, 0.25) is 0 Å². The maximum atomic E-state index is 12.8. The lowest BCUT2D eigenvalue weighted by molar-refractivity contribution is 0.443. The third-order valence-corrected chi connectivity index (χ3v) is 2.50. The Morgan fingerprint density at radius 3 is 2.94 bits per heavy atom. The molecule has 0 aliphatic rings. The van der Waals surface area contributed by atoms with E-state index in [0.29, 0.717) is 11.1 Å². The minimum Gasteiger partial charge on any atom is -0.356 e. The lowest BCUT2D eigenvalue weighted by atomic mass is 10.2. The molecule has 8 heteroatoms. The number of benzene rings is 1. The molecule has 0 fully saturated rings. The molecule has 16 heavy (non-hydrogen) atoms. The van der Waals surface area contributed by atoms with Gasteiger partial charge >= 0.3 is 0 Å². The van der Waals surface area contributed by atoms with Crippen LogP contribution in [0.1, 0.15) is 5.69 Å². The van der Waals surface area contributed by atoms with E-state index < -0.39 is 16.0 Å². The van der Waals surface area contributed by atoms with Crippen LogP contribution in [0.15, 0.2) is 22.7 Å². The lowest BCUT2D eigenvalue weighted by Gasteiger charge is -1.97. The Labute approximate surface area is 90.4 Å². The van der Waals surface area contributed by atoms with Gasteiger partial charge in [0.25, 0.3) is 10.2 Å². The van der Waals surface area contributed by atoms with E-state index in [-0.39, 0.29) is 12.1 Å². The van der Waals surface area contributed by atoms with Gasteiger partial charge in [0.05, 0.1) is 6.54 Å². The van der Waals surface area contributed by atoms with Gasteiger partial charge in [0.15, 0.2) is 5.58 Å². The highest BCUT2D eigenvalue weighted by molar-refractivity contribution is 7.87. The Hall–Kier alpha value is -1.51. The number of aromatic nitrogens is 1. The fourth-order valence-corrected chi connectivity index (χ4v) is 1.60. The van der Waals surface area contributed by atoms with Crippen LogP contribution in [0.4, 0.5) is 4.39 Å². The van der Waals surface area contributed by atoms with E-state index >= 15 is 0 Å². The minimum absolute atomic E-state index is 0.0997. The molecule has 6 nitrogen and oxygen atoms in total. The highest BCUT2D eigenvalue weighted by Crippen LogP contribution is 2.19. The van der Waals surface area contributed by atoms with Gasteiger partial charge < -0.3 is 4.52 Å². The molecule has 0 amide bonds. The molecule has 0 radical (unpaired) electrons. The van der Waals surface area contributed by atoms with Gasteiger partial charge in [-0.1, -0.05) is 5.16 Å². The second-order valence-corrected chi connectivity index (χ2v) is 4.51. The van der Waals surface area contributed by atoms with Gasteiger partial charge in [0.2, 0.25) is 0 Å². The summed E-state index contributed by atoms with van der Waals surface area (Å²) in [7, 11) is -3.78. The number of fused-ring (bicyclic) bond motifs is 1. The summed E-state index contributed by atoms with van der Waals surface area (Å²) in [5.41, 5.74) is 0.607. The molecule has 0 saturated heterocycles. The van der Waals surface area contributed by atoms with E-state index in [1.54, 1.807) is 0 Å². The molecule has 2 aromatic rings. The van der Waals surface area contributed by atoms with Gasteiger partial charge in [-0.05, 0) is 12.1 Å². The molecule has 0 atom stereocenters. The number of rotatable bonds is 3. The SMILES string of the molecule is NS(=O)(=O)NCc1noc2cc(F)ccc12. The van der Waals surface area contributed by atoms with Crippen molar-refractivity contribution in [3.63, 3.8) is 0 Å². The van der Waals surface area contributed by atoms with Gasteiger partial charge in [-0.15, -0.1) is 0 Å². The molecule has 0 unspecified atom stereocenters. The fourth-order valence-electron chi connectivity index (χ4n) is 1.26. The number of nitrogens with zero attached hydrogens (tertiary/aromatic N) is 1. The highest BCUT2D eigenvalue weighted by atomic mass is 32.2. The molecule has 3 N–H and O–H groups in total. The largest absolute Gasteiger partial charge is 0.356 e. The van der Waals surface area contributed by atoms with Crippen molar-refractivity contribution in [1.29, 1.82) is 0 Å². The first kappa shape index (κ1) is 11.0. The van der Waals surface area contributed by atoms with E-state index in [4.69, 9.17) is 9.66 Å². The second-order valence-electron chi connectivity index (χ2n) is 3.14. The van der Waals surface area contributed by atoms with Crippen LogP contribution in [0, 0.1) is 5.82 Å². The summed E-state index contributed by atoms with van der Waals surface area (Å²) in [6.45, 7) is -0.0997. The van der Waals surface area contributed by atoms with Gasteiger partial charge in [-0.25, -0.2) is 9.53 Å². The average Bonchev–Trinajstić information content (AvgIpc) is 2.56. The molecule has 1 heterocycles. The van der Waals surface area contributed by atoms with Gasteiger partial charge in [0, 0.05) is 11.5 Å². The summed E-state index contributed by atoms with van der Waals surface area (Å²) in [4.78, 5) is 0. The fraction of sp³-hybridized carbons (Fsp3) is 0.125. The summed E-state index contributed by atoms with van der Waals surface area (Å²) in [6.07, 6.45) is 0. The number of nitrogens with two attached hydrogens (primary N) is 1. The molecular weight excluding hydrogens is 237 g/mol. The van der Waals surface area contributed by atoms with Gasteiger partial charge in [-0.2, -0.15) is 13.1 Å². The summed E-state index contributed by atoms with van der Waals surface area (Å²) in [6, 6.07) is 3.87. The molecule has 86 valence electrons.